The zero-order chi connectivity index (χ0) is 54.3. The van der Waals surface area contributed by atoms with Gasteiger partial charge in [-0.05, 0) is 128 Å². The van der Waals surface area contributed by atoms with Crippen molar-refractivity contribution in [3.8, 4) is 0 Å². The number of ether oxygens (including phenoxy) is 3. The number of carbonyl (C=O) groups excluding carboxylic acids is 3. The van der Waals surface area contributed by atoms with Crippen LogP contribution in [0.1, 0.15) is 239 Å². The lowest BCUT2D eigenvalue weighted by molar-refractivity contribution is -0.166. The van der Waals surface area contributed by atoms with Gasteiger partial charge < -0.3 is 14.2 Å². The van der Waals surface area contributed by atoms with Gasteiger partial charge in [0, 0.05) is 19.3 Å². The van der Waals surface area contributed by atoms with E-state index < -0.39 is 6.10 Å². The highest BCUT2D eigenvalue weighted by Gasteiger charge is 2.19. The van der Waals surface area contributed by atoms with Gasteiger partial charge in [0.15, 0.2) is 6.10 Å². The maximum atomic E-state index is 12.9. The summed E-state index contributed by atoms with van der Waals surface area (Å²) in [4.78, 5) is 38.2. The van der Waals surface area contributed by atoms with Crippen molar-refractivity contribution in [1.29, 1.82) is 0 Å². The third-order valence-electron chi connectivity index (χ3n) is 12.0. The van der Waals surface area contributed by atoms with Gasteiger partial charge in [0.1, 0.15) is 13.2 Å². The highest BCUT2D eigenvalue weighted by atomic mass is 16.6. The lowest BCUT2D eigenvalue weighted by atomic mass is 10.1. The topological polar surface area (TPSA) is 78.9 Å². The van der Waals surface area contributed by atoms with Crippen LogP contribution in [0.2, 0.25) is 0 Å². The summed E-state index contributed by atoms with van der Waals surface area (Å²) in [7, 11) is 0. The van der Waals surface area contributed by atoms with Gasteiger partial charge in [-0.15, -0.1) is 0 Å². The fraction of sp³-hybridized carbons (Fsp3) is 0.580. The van der Waals surface area contributed by atoms with Crippen LogP contribution in [0.15, 0.2) is 158 Å². The average Bonchev–Trinajstić information content (AvgIpc) is 3.41. The molecule has 0 aromatic heterocycles. The van der Waals surface area contributed by atoms with Crippen molar-refractivity contribution in [2.24, 2.45) is 0 Å². The summed E-state index contributed by atoms with van der Waals surface area (Å²) in [6.07, 6.45) is 89.6. The standard InChI is InChI=1S/C69H108O6/c1-4-7-10-13-16-19-22-25-27-29-31-33-34-36-37-39-41-44-47-50-53-56-59-62-68(71)74-65-66(64-73-67(70)61-58-55-52-49-46-43-24-21-18-15-12-9-6-3)75-69(72)63-60-57-54-51-48-45-42-40-38-35-32-30-28-26-23-20-17-14-11-8-5-2/h7-12,16-21,25-28,31-33,35-37,43,46,52,55,66H,4-6,13-15,22-24,29-30,34,38-42,44-45,47-51,53-54,56-65H2,1-3H3/b10-7-,11-8-,12-9-,19-16-,20-17-,21-18-,27-25-,28-26-,33-31-,35-32-,37-36-,46-43-,55-52-. The Hall–Kier alpha value is -4.97. The van der Waals surface area contributed by atoms with Crippen LogP contribution >= 0.6 is 0 Å². The summed E-state index contributed by atoms with van der Waals surface area (Å²) in [5.41, 5.74) is 0. The van der Waals surface area contributed by atoms with Gasteiger partial charge in [0.2, 0.25) is 0 Å². The van der Waals surface area contributed by atoms with Crippen LogP contribution in [0.3, 0.4) is 0 Å². The van der Waals surface area contributed by atoms with Gasteiger partial charge in [-0.1, -0.05) is 249 Å². The summed E-state index contributed by atoms with van der Waals surface area (Å²) in [6, 6.07) is 0. The Bertz CT molecular complexity index is 1710. The second-order valence-corrected chi connectivity index (χ2v) is 19.1. The summed E-state index contributed by atoms with van der Waals surface area (Å²) in [5, 5.41) is 0. The first kappa shape index (κ1) is 70.0. The van der Waals surface area contributed by atoms with Crippen molar-refractivity contribution in [2.75, 3.05) is 13.2 Å². The van der Waals surface area contributed by atoms with Gasteiger partial charge in [-0.3, -0.25) is 14.4 Å². The molecule has 1 unspecified atom stereocenters. The van der Waals surface area contributed by atoms with Crippen LogP contribution in [0.4, 0.5) is 0 Å². The van der Waals surface area contributed by atoms with Gasteiger partial charge >= 0.3 is 17.9 Å². The molecular weight excluding hydrogens is 925 g/mol. The highest BCUT2D eigenvalue weighted by Crippen LogP contribution is 2.14. The van der Waals surface area contributed by atoms with Crippen LogP contribution in [0, 0.1) is 0 Å². The molecule has 0 radical (unpaired) electrons. The van der Waals surface area contributed by atoms with E-state index in [1.54, 1.807) is 0 Å². The minimum atomic E-state index is -0.825. The molecule has 0 aliphatic heterocycles. The second-order valence-electron chi connectivity index (χ2n) is 19.1. The monoisotopic (exact) mass is 1030 g/mol. The Morgan fingerprint density at radius 3 is 0.827 bits per heavy atom. The Morgan fingerprint density at radius 2 is 0.507 bits per heavy atom. The quantitative estimate of drug-likeness (QED) is 0.0261. The first-order valence-electron chi connectivity index (χ1n) is 30.0. The van der Waals surface area contributed by atoms with Crippen LogP contribution in [-0.2, 0) is 28.6 Å². The molecule has 0 saturated heterocycles. The van der Waals surface area contributed by atoms with Crippen molar-refractivity contribution in [3.63, 3.8) is 0 Å². The SMILES string of the molecule is CC/C=C\C/C=C\C/C=C\C/C=C\C/C=C\CCCCCCCCCC(=O)OCC(COC(=O)CC/C=C\C/C=C\C/C=C\C/C=C\CC)OC(=O)CCCCCCCCCC/C=C\C/C=C\C/C=C\C/C=C\CC. The van der Waals surface area contributed by atoms with Gasteiger partial charge in [0.25, 0.3) is 0 Å². The van der Waals surface area contributed by atoms with Crippen LogP contribution in [0.5, 0.6) is 0 Å². The minimum absolute atomic E-state index is 0.116. The predicted molar refractivity (Wildman–Crippen MR) is 325 cm³/mol. The van der Waals surface area contributed by atoms with Gasteiger partial charge in [0.05, 0.1) is 0 Å². The van der Waals surface area contributed by atoms with Crippen LogP contribution in [0.25, 0.3) is 0 Å². The summed E-state index contributed by atoms with van der Waals surface area (Å²) >= 11 is 0. The number of esters is 3. The molecular formula is C69H108O6. The largest absolute Gasteiger partial charge is 0.462 e. The smallest absolute Gasteiger partial charge is 0.306 e. The molecule has 420 valence electrons. The van der Waals surface area contributed by atoms with E-state index in [1.807, 2.05) is 12.2 Å². The normalized spacial score (nSPS) is 13.3. The predicted octanol–water partition coefficient (Wildman–Crippen LogP) is 20.5. The number of allylic oxidation sites excluding steroid dienone is 26. The molecule has 0 aliphatic carbocycles. The fourth-order valence-electron chi connectivity index (χ4n) is 7.65. The first-order valence-corrected chi connectivity index (χ1v) is 30.0. The molecule has 0 bridgehead atoms. The zero-order valence-corrected chi connectivity index (χ0v) is 48.0. The average molecular weight is 1030 g/mol. The fourth-order valence-corrected chi connectivity index (χ4v) is 7.65. The van der Waals surface area contributed by atoms with E-state index in [0.29, 0.717) is 19.3 Å². The van der Waals surface area contributed by atoms with Crippen molar-refractivity contribution in [2.45, 2.75) is 245 Å². The molecule has 0 fully saturated rings. The Kier molecular flexibility index (Phi) is 57.5. The molecule has 0 aliphatic rings. The molecule has 0 saturated carbocycles. The number of hydrogen-bond donors (Lipinski definition) is 0. The van der Waals surface area contributed by atoms with Crippen molar-refractivity contribution in [3.05, 3.63) is 158 Å². The lowest BCUT2D eigenvalue weighted by Crippen LogP contribution is -2.30. The molecule has 0 N–H and O–H groups in total. The lowest BCUT2D eigenvalue weighted by Gasteiger charge is -2.18. The van der Waals surface area contributed by atoms with Crippen molar-refractivity contribution in [1.82, 2.24) is 0 Å². The molecule has 75 heavy (non-hydrogen) atoms. The summed E-state index contributed by atoms with van der Waals surface area (Å²) < 4.78 is 16.8. The maximum absolute atomic E-state index is 12.9. The van der Waals surface area contributed by atoms with E-state index in [2.05, 4.69) is 167 Å². The van der Waals surface area contributed by atoms with E-state index in [0.717, 1.165) is 135 Å². The Morgan fingerprint density at radius 1 is 0.267 bits per heavy atom. The molecule has 0 spiro atoms. The number of carbonyl (C=O) groups is 3. The van der Waals surface area contributed by atoms with E-state index >= 15 is 0 Å². The van der Waals surface area contributed by atoms with E-state index in [9.17, 15) is 14.4 Å². The number of unbranched alkanes of at least 4 members (excludes halogenated alkanes) is 15. The molecule has 6 heteroatoms. The zero-order valence-electron chi connectivity index (χ0n) is 48.0. The Labute approximate surface area is 460 Å². The third kappa shape index (κ3) is 59.8. The first-order chi connectivity index (χ1) is 37.0. The molecule has 0 rings (SSSR count). The molecule has 1 atom stereocenters. The van der Waals surface area contributed by atoms with Crippen molar-refractivity contribution < 1.29 is 28.6 Å². The Balaban J connectivity index is 4.47. The third-order valence-corrected chi connectivity index (χ3v) is 12.0. The molecule has 0 amide bonds. The van der Waals surface area contributed by atoms with E-state index in [1.165, 1.54) is 57.8 Å². The van der Waals surface area contributed by atoms with Gasteiger partial charge in [-0.2, -0.15) is 0 Å². The second kappa shape index (κ2) is 61.6. The highest BCUT2D eigenvalue weighted by molar-refractivity contribution is 5.71. The van der Waals surface area contributed by atoms with Crippen LogP contribution in [-0.4, -0.2) is 37.2 Å². The van der Waals surface area contributed by atoms with Gasteiger partial charge in [-0.25, -0.2) is 0 Å². The summed E-state index contributed by atoms with van der Waals surface area (Å²) in [6.45, 7) is 6.21. The number of rotatable bonds is 52. The van der Waals surface area contributed by atoms with Crippen molar-refractivity contribution >= 4 is 17.9 Å². The van der Waals surface area contributed by atoms with E-state index in [-0.39, 0.29) is 37.5 Å². The van der Waals surface area contributed by atoms with Crippen LogP contribution < -0.4 is 0 Å². The van der Waals surface area contributed by atoms with E-state index in [4.69, 9.17) is 14.2 Å². The molecule has 6 nitrogen and oxygen atoms in total. The number of hydrogen-bond acceptors (Lipinski definition) is 6. The molecule has 0 heterocycles. The summed E-state index contributed by atoms with van der Waals surface area (Å²) in [5.74, 6) is -1.03. The molecule has 0 aromatic rings. The maximum Gasteiger partial charge on any atom is 0.306 e. The molecule has 0 aromatic carbocycles. The minimum Gasteiger partial charge on any atom is -0.462 e.